The van der Waals surface area contributed by atoms with E-state index in [1.54, 1.807) is 11.3 Å². The maximum atomic E-state index is 6.42. The van der Waals surface area contributed by atoms with Crippen molar-refractivity contribution >= 4 is 11.3 Å². The van der Waals surface area contributed by atoms with Crippen LogP contribution < -0.4 is 5.73 Å². The highest BCUT2D eigenvalue weighted by atomic mass is 32.1. The third-order valence-electron chi connectivity index (χ3n) is 2.91. The Balaban J connectivity index is 2.20. The van der Waals surface area contributed by atoms with Crippen molar-refractivity contribution in [3.63, 3.8) is 0 Å². The topological polar surface area (TPSA) is 35.2 Å². The first-order chi connectivity index (χ1) is 6.71. The molecule has 1 aliphatic heterocycles. The van der Waals surface area contributed by atoms with Gasteiger partial charge in [0.25, 0.3) is 0 Å². The van der Waals surface area contributed by atoms with Gasteiger partial charge in [-0.25, -0.2) is 0 Å². The summed E-state index contributed by atoms with van der Waals surface area (Å²) in [5.74, 6) is 0. The van der Waals surface area contributed by atoms with Gasteiger partial charge in [0.05, 0.1) is 0 Å². The predicted molar refractivity (Wildman–Crippen MR) is 59.6 cm³/mol. The summed E-state index contributed by atoms with van der Waals surface area (Å²) in [6.07, 6.45) is 3.07. The molecule has 1 atom stereocenters. The van der Waals surface area contributed by atoms with Gasteiger partial charge in [-0.05, 0) is 43.2 Å². The molecule has 2 heterocycles. The van der Waals surface area contributed by atoms with Crippen LogP contribution in [0.15, 0.2) is 11.4 Å². The molecule has 0 spiro atoms. The Kier molecular flexibility index (Phi) is 2.91. The molecular weight excluding hydrogens is 194 g/mol. The van der Waals surface area contributed by atoms with Crippen molar-refractivity contribution < 1.29 is 4.74 Å². The summed E-state index contributed by atoms with van der Waals surface area (Å²) in [5.41, 5.74) is 7.58. The molecule has 0 aliphatic carbocycles. The molecule has 3 heteroatoms. The van der Waals surface area contributed by atoms with Gasteiger partial charge in [-0.3, -0.25) is 0 Å². The summed E-state index contributed by atoms with van der Waals surface area (Å²) < 4.78 is 5.44. The molecule has 0 radical (unpaired) electrons. The second-order valence-electron chi connectivity index (χ2n) is 4.07. The number of thiophene rings is 1. The summed E-state index contributed by atoms with van der Waals surface area (Å²) in [5, 5.41) is 2.20. The van der Waals surface area contributed by atoms with E-state index < -0.39 is 0 Å². The smallest absolute Gasteiger partial charge is 0.0486 e. The van der Waals surface area contributed by atoms with Gasteiger partial charge in [-0.15, -0.1) is 11.3 Å². The molecule has 1 saturated heterocycles. The molecule has 1 aliphatic rings. The minimum atomic E-state index is -0.138. The van der Waals surface area contributed by atoms with Crippen molar-refractivity contribution in [1.29, 1.82) is 0 Å². The number of hydrogen-bond donors (Lipinski definition) is 1. The molecule has 78 valence electrons. The molecule has 0 amide bonds. The van der Waals surface area contributed by atoms with Crippen molar-refractivity contribution in [2.45, 2.75) is 31.7 Å². The maximum absolute atomic E-state index is 6.42. The van der Waals surface area contributed by atoms with Crippen LogP contribution in [0.25, 0.3) is 0 Å². The average molecular weight is 211 g/mol. The van der Waals surface area contributed by atoms with E-state index in [2.05, 4.69) is 18.4 Å². The van der Waals surface area contributed by atoms with Gasteiger partial charge < -0.3 is 10.5 Å². The highest BCUT2D eigenvalue weighted by molar-refractivity contribution is 7.10. The standard InChI is InChI=1S/C11H17NOS/c1-9-7-10(8-14-9)11(12)3-2-5-13-6-4-11/h7-8H,2-6,12H2,1H3. The molecule has 0 saturated carbocycles. The van der Waals surface area contributed by atoms with E-state index in [-0.39, 0.29) is 5.54 Å². The largest absolute Gasteiger partial charge is 0.381 e. The molecule has 1 unspecified atom stereocenters. The Morgan fingerprint density at radius 3 is 3.00 bits per heavy atom. The summed E-state index contributed by atoms with van der Waals surface area (Å²) >= 11 is 1.78. The summed E-state index contributed by atoms with van der Waals surface area (Å²) in [6, 6.07) is 2.22. The van der Waals surface area contributed by atoms with E-state index in [1.165, 1.54) is 10.4 Å². The van der Waals surface area contributed by atoms with Crippen LogP contribution in [0.3, 0.4) is 0 Å². The van der Waals surface area contributed by atoms with Crippen LogP contribution >= 0.6 is 11.3 Å². The van der Waals surface area contributed by atoms with Crippen LogP contribution in [0.1, 0.15) is 29.7 Å². The zero-order valence-corrected chi connectivity index (χ0v) is 9.40. The van der Waals surface area contributed by atoms with Gasteiger partial charge in [0.1, 0.15) is 0 Å². The monoisotopic (exact) mass is 211 g/mol. The highest BCUT2D eigenvalue weighted by Crippen LogP contribution is 2.32. The zero-order chi connectivity index (χ0) is 10.0. The van der Waals surface area contributed by atoms with Crippen LogP contribution in [0.2, 0.25) is 0 Å². The van der Waals surface area contributed by atoms with Crippen molar-refractivity contribution in [2.75, 3.05) is 13.2 Å². The molecular formula is C11H17NOS. The zero-order valence-electron chi connectivity index (χ0n) is 8.58. The third kappa shape index (κ3) is 2.00. The Morgan fingerprint density at radius 1 is 1.43 bits per heavy atom. The van der Waals surface area contributed by atoms with Crippen molar-refractivity contribution in [3.8, 4) is 0 Å². The molecule has 2 rings (SSSR count). The maximum Gasteiger partial charge on any atom is 0.0486 e. The lowest BCUT2D eigenvalue weighted by Crippen LogP contribution is -2.36. The fourth-order valence-electron chi connectivity index (χ4n) is 1.96. The average Bonchev–Trinajstić information content (AvgIpc) is 2.47. The van der Waals surface area contributed by atoms with Crippen LogP contribution in [0, 0.1) is 6.92 Å². The summed E-state index contributed by atoms with van der Waals surface area (Å²) in [4.78, 5) is 1.34. The van der Waals surface area contributed by atoms with E-state index in [0.29, 0.717) is 0 Å². The Morgan fingerprint density at radius 2 is 2.29 bits per heavy atom. The fourth-order valence-corrected chi connectivity index (χ4v) is 2.77. The first kappa shape index (κ1) is 10.1. The minimum absolute atomic E-state index is 0.138. The van der Waals surface area contributed by atoms with Crippen LogP contribution in [0.4, 0.5) is 0 Å². The van der Waals surface area contributed by atoms with Gasteiger partial charge in [-0.2, -0.15) is 0 Å². The first-order valence-corrected chi connectivity index (χ1v) is 6.01. The number of nitrogens with two attached hydrogens (primary N) is 1. The Bertz CT molecular complexity index is 300. The van der Waals surface area contributed by atoms with Crippen molar-refractivity contribution in [2.24, 2.45) is 5.73 Å². The summed E-state index contributed by atoms with van der Waals surface area (Å²) in [6.45, 7) is 3.79. The lowest BCUT2D eigenvalue weighted by atomic mass is 9.86. The van der Waals surface area contributed by atoms with Gasteiger partial charge >= 0.3 is 0 Å². The molecule has 14 heavy (non-hydrogen) atoms. The fraction of sp³-hybridized carbons (Fsp3) is 0.636. The molecule has 1 aromatic heterocycles. The number of aryl methyl sites for hydroxylation is 1. The van der Waals surface area contributed by atoms with E-state index in [0.717, 1.165) is 32.5 Å². The Hall–Kier alpha value is -0.380. The SMILES string of the molecule is Cc1cc(C2(N)CCCOCC2)cs1. The molecule has 1 aromatic rings. The molecule has 1 fully saturated rings. The van der Waals surface area contributed by atoms with Gasteiger partial charge in [0.2, 0.25) is 0 Å². The first-order valence-electron chi connectivity index (χ1n) is 5.13. The van der Waals surface area contributed by atoms with E-state index in [9.17, 15) is 0 Å². The number of ether oxygens (including phenoxy) is 1. The van der Waals surface area contributed by atoms with Crippen molar-refractivity contribution in [3.05, 3.63) is 21.9 Å². The van der Waals surface area contributed by atoms with Gasteiger partial charge in [0, 0.05) is 23.6 Å². The van der Waals surface area contributed by atoms with E-state index in [4.69, 9.17) is 10.5 Å². The molecule has 0 bridgehead atoms. The molecule has 0 aromatic carbocycles. The van der Waals surface area contributed by atoms with Gasteiger partial charge in [0.15, 0.2) is 0 Å². The lowest BCUT2D eigenvalue weighted by molar-refractivity contribution is 0.139. The quantitative estimate of drug-likeness (QED) is 0.774. The van der Waals surface area contributed by atoms with Gasteiger partial charge in [-0.1, -0.05) is 0 Å². The van der Waals surface area contributed by atoms with Crippen LogP contribution in [0.5, 0.6) is 0 Å². The lowest BCUT2D eigenvalue weighted by Gasteiger charge is -2.26. The van der Waals surface area contributed by atoms with E-state index in [1.807, 2.05) is 0 Å². The second-order valence-corrected chi connectivity index (χ2v) is 5.18. The van der Waals surface area contributed by atoms with Crippen LogP contribution in [-0.2, 0) is 10.3 Å². The van der Waals surface area contributed by atoms with Crippen molar-refractivity contribution in [1.82, 2.24) is 0 Å². The predicted octanol–water partition coefficient (Wildman–Crippen LogP) is 2.41. The minimum Gasteiger partial charge on any atom is -0.381 e. The third-order valence-corrected chi connectivity index (χ3v) is 3.77. The second kappa shape index (κ2) is 4.01. The summed E-state index contributed by atoms with van der Waals surface area (Å²) in [7, 11) is 0. The normalized spacial score (nSPS) is 28.7. The van der Waals surface area contributed by atoms with Crippen LogP contribution in [-0.4, -0.2) is 13.2 Å². The molecule has 2 N–H and O–H groups in total. The highest BCUT2D eigenvalue weighted by Gasteiger charge is 2.29. The Labute approximate surface area is 89.1 Å². The molecule has 2 nitrogen and oxygen atoms in total. The van der Waals surface area contributed by atoms with E-state index >= 15 is 0 Å². The number of hydrogen-bond acceptors (Lipinski definition) is 3. The number of rotatable bonds is 1.